The lowest BCUT2D eigenvalue weighted by atomic mass is 9.96. The third-order valence-corrected chi connectivity index (χ3v) is 7.51. The smallest absolute Gasteiger partial charge is 0.406 e. The van der Waals surface area contributed by atoms with Crippen molar-refractivity contribution in [2.75, 3.05) is 26.7 Å². The van der Waals surface area contributed by atoms with Gasteiger partial charge in [-0.05, 0) is 93.0 Å². The molecule has 0 bridgehead atoms. The highest BCUT2D eigenvalue weighted by atomic mass is 19.4. The summed E-state index contributed by atoms with van der Waals surface area (Å²) in [4.78, 5) is 39.1. The summed E-state index contributed by atoms with van der Waals surface area (Å²) < 4.78 is 41.2. The number of carbonyl (C=O) groups is 3. The Morgan fingerprint density at radius 3 is 2.40 bits per heavy atom. The first-order valence-electron chi connectivity index (χ1n) is 14.5. The highest BCUT2D eigenvalue weighted by molar-refractivity contribution is 5.83. The molecule has 2 unspecified atom stereocenters. The van der Waals surface area contributed by atoms with Crippen LogP contribution in [-0.2, 0) is 27.3 Å². The lowest BCUT2D eigenvalue weighted by molar-refractivity contribution is -0.274. The minimum atomic E-state index is -4.76. The van der Waals surface area contributed by atoms with Crippen molar-refractivity contribution >= 4 is 18.6 Å². The maximum absolute atomic E-state index is 12.4. The number of ether oxygens (including phenoxy) is 1. The van der Waals surface area contributed by atoms with Crippen molar-refractivity contribution in [3.63, 3.8) is 0 Å². The van der Waals surface area contributed by atoms with Crippen LogP contribution in [0.1, 0.15) is 67.2 Å². The number of carbonyl (C=O) groups excluding carboxylic acids is 3. The maximum Gasteiger partial charge on any atom is 0.573 e. The molecule has 0 aliphatic heterocycles. The van der Waals surface area contributed by atoms with Crippen LogP contribution in [-0.4, -0.2) is 67.5 Å². The molecule has 0 aromatic heterocycles. The van der Waals surface area contributed by atoms with Gasteiger partial charge in [-0.25, -0.2) is 0 Å². The number of likely N-dealkylation sites (N-methyl/N-ethyl adjacent to an activating group) is 1. The predicted octanol–water partition coefficient (Wildman–Crippen LogP) is 5.29. The van der Waals surface area contributed by atoms with Crippen LogP contribution in [0.5, 0.6) is 5.75 Å². The topological polar surface area (TPSA) is 103 Å². The number of nitrogens with zero attached hydrogens (tertiary/aromatic N) is 3. The van der Waals surface area contributed by atoms with Gasteiger partial charge in [-0.3, -0.25) is 9.59 Å². The number of benzene rings is 2. The van der Waals surface area contributed by atoms with Crippen LogP contribution in [0.3, 0.4) is 0 Å². The van der Waals surface area contributed by atoms with Crippen LogP contribution >= 0.6 is 0 Å². The maximum atomic E-state index is 12.4. The van der Waals surface area contributed by atoms with E-state index in [1.807, 2.05) is 32.0 Å². The fourth-order valence-corrected chi connectivity index (χ4v) is 5.07. The lowest BCUT2D eigenvalue weighted by Crippen LogP contribution is -2.45. The van der Waals surface area contributed by atoms with Crippen LogP contribution in [0.4, 0.5) is 13.2 Å². The Hall–Kier alpha value is -3.91. The summed E-state index contributed by atoms with van der Waals surface area (Å²) in [7, 11) is 1.51. The molecular weight excluding hydrogens is 561 g/mol. The van der Waals surface area contributed by atoms with Gasteiger partial charge < -0.3 is 24.6 Å². The van der Waals surface area contributed by atoms with E-state index in [0.29, 0.717) is 24.9 Å². The zero-order valence-electron chi connectivity index (χ0n) is 25.0. The Kier molecular flexibility index (Phi) is 14.7. The number of aryl methyl sites for hydroxylation is 2. The second-order valence-corrected chi connectivity index (χ2v) is 10.3. The SMILES string of the molecule is CCN(CCCCc1cccc(C)c1CN(C=O)C(CCC=O)C(=O)NC)CCC(C#N)c1ccc(OC(F)(F)F)cc1. The number of hydrogen-bond donors (Lipinski definition) is 1. The van der Waals surface area contributed by atoms with Gasteiger partial charge in [-0.15, -0.1) is 13.2 Å². The molecule has 0 saturated carbocycles. The molecule has 0 radical (unpaired) electrons. The molecule has 0 aliphatic rings. The van der Waals surface area contributed by atoms with Gasteiger partial charge in [0.25, 0.3) is 0 Å². The number of rotatable bonds is 19. The molecular formula is C32H41F3N4O4. The minimum absolute atomic E-state index is 0.176. The summed E-state index contributed by atoms with van der Waals surface area (Å²) in [5.41, 5.74) is 3.76. The third-order valence-electron chi connectivity index (χ3n) is 7.51. The van der Waals surface area contributed by atoms with Gasteiger partial charge >= 0.3 is 6.36 Å². The molecule has 11 heteroatoms. The molecule has 2 atom stereocenters. The largest absolute Gasteiger partial charge is 0.573 e. The molecule has 0 fully saturated rings. The van der Waals surface area contributed by atoms with Crippen molar-refractivity contribution in [1.29, 1.82) is 5.26 Å². The van der Waals surface area contributed by atoms with Crippen molar-refractivity contribution in [1.82, 2.24) is 15.1 Å². The molecule has 0 aliphatic carbocycles. The van der Waals surface area contributed by atoms with E-state index in [-0.39, 0.29) is 31.0 Å². The highest BCUT2D eigenvalue weighted by Gasteiger charge is 2.31. The number of hydrogen-bond acceptors (Lipinski definition) is 6. The van der Waals surface area contributed by atoms with Crippen LogP contribution in [0, 0.1) is 18.3 Å². The molecule has 2 rings (SSSR count). The Bertz CT molecular complexity index is 1210. The van der Waals surface area contributed by atoms with Crippen molar-refractivity contribution in [3.8, 4) is 11.8 Å². The van der Waals surface area contributed by atoms with E-state index in [1.165, 1.54) is 36.2 Å². The van der Waals surface area contributed by atoms with E-state index in [2.05, 4.69) is 21.0 Å². The average molecular weight is 603 g/mol. The Morgan fingerprint density at radius 1 is 1.09 bits per heavy atom. The summed E-state index contributed by atoms with van der Waals surface area (Å²) in [6, 6.07) is 12.9. The average Bonchev–Trinajstić information content (AvgIpc) is 2.98. The molecule has 43 heavy (non-hydrogen) atoms. The van der Waals surface area contributed by atoms with Crippen LogP contribution < -0.4 is 10.1 Å². The Balaban J connectivity index is 1.95. The van der Waals surface area contributed by atoms with E-state index >= 15 is 0 Å². The normalized spacial score (nSPS) is 12.7. The van der Waals surface area contributed by atoms with Gasteiger partial charge in [0.1, 0.15) is 18.1 Å². The van der Waals surface area contributed by atoms with Crippen LogP contribution in [0.15, 0.2) is 42.5 Å². The van der Waals surface area contributed by atoms with Crippen molar-refractivity contribution in [2.24, 2.45) is 0 Å². The summed E-state index contributed by atoms with van der Waals surface area (Å²) in [5, 5.41) is 12.2. The van der Waals surface area contributed by atoms with Gasteiger partial charge in [0.2, 0.25) is 12.3 Å². The van der Waals surface area contributed by atoms with Crippen molar-refractivity contribution < 1.29 is 32.3 Å². The van der Waals surface area contributed by atoms with E-state index in [0.717, 1.165) is 55.3 Å². The number of alkyl halides is 3. The van der Waals surface area contributed by atoms with Gasteiger partial charge in [0.15, 0.2) is 0 Å². The zero-order valence-corrected chi connectivity index (χ0v) is 25.0. The fraction of sp³-hybridized carbons (Fsp3) is 0.500. The standard InChI is InChI=1S/C32H41F3N4O4/c1-4-38(19-17-27(21-36)25-13-15-28(16-14-25)43-32(33,34)35)18-6-5-10-26-11-7-9-24(2)29(26)22-39(23-41)30(12-8-20-40)31(42)37-3/h7,9,11,13-16,20,23,27,30H,4-6,8,10,12,17-19,22H2,1-3H3,(H,37,42). The number of halogens is 3. The first kappa shape index (κ1) is 35.3. The molecule has 0 heterocycles. The van der Waals surface area contributed by atoms with Gasteiger partial charge in [0.05, 0.1) is 12.0 Å². The number of unbranched alkanes of at least 4 members (excludes halogenated alkanes) is 1. The quantitative estimate of drug-likeness (QED) is 0.173. The van der Waals surface area contributed by atoms with Gasteiger partial charge in [-0.1, -0.05) is 37.3 Å². The number of nitriles is 1. The molecule has 0 spiro atoms. The van der Waals surface area contributed by atoms with Crippen molar-refractivity contribution in [3.05, 3.63) is 64.7 Å². The van der Waals surface area contributed by atoms with E-state index in [4.69, 9.17) is 0 Å². The lowest BCUT2D eigenvalue weighted by Gasteiger charge is -2.28. The molecule has 234 valence electrons. The van der Waals surface area contributed by atoms with E-state index in [9.17, 15) is 32.8 Å². The van der Waals surface area contributed by atoms with Gasteiger partial charge in [-0.2, -0.15) is 5.26 Å². The van der Waals surface area contributed by atoms with Crippen LogP contribution in [0.2, 0.25) is 0 Å². The minimum Gasteiger partial charge on any atom is -0.406 e. The monoisotopic (exact) mass is 602 g/mol. The van der Waals surface area contributed by atoms with E-state index < -0.39 is 18.3 Å². The predicted molar refractivity (Wildman–Crippen MR) is 157 cm³/mol. The second-order valence-electron chi connectivity index (χ2n) is 10.3. The highest BCUT2D eigenvalue weighted by Crippen LogP contribution is 2.26. The van der Waals surface area contributed by atoms with Crippen LogP contribution in [0.25, 0.3) is 0 Å². The summed E-state index contributed by atoms with van der Waals surface area (Å²) in [6.45, 7) is 6.57. The number of aldehydes is 1. The second kappa shape index (κ2) is 17.9. The molecule has 0 saturated heterocycles. The van der Waals surface area contributed by atoms with Gasteiger partial charge in [0, 0.05) is 20.0 Å². The molecule has 2 amide bonds. The van der Waals surface area contributed by atoms with E-state index in [1.54, 1.807) is 0 Å². The number of amides is 2. The summed E-state index contributed by atoms with van der Waals surface area (Å²) in [6.07, 6.45) is 0.195. The first-order chi connectivity index (χ1) is 20.6. The fourth-order valence-electron chi connectivity index (χ4n) is 5.07. The Morgan fingerprint density at radius 2 is 1.81 bits per heavy atom. The molecule has 2 aromatic rings. The summed E-state index contributed by atoms with van der Waals surface area (Å²) >= 11 is 0. The van der Waals surface area contributed by atoms with Crippen molar-refractivity contribution in [2.45, 2.75) is 77.2 Å². The molecule has 8 nitrogen and oxygen atoms in total. The number of nitrogens with one attached hydrogen (secondary N) is 1. The first-order valence-corrected chi connectivity index (χ1v) is 14.5. The summed E-state index contributed by atoms with van der Waals surface area (Å²) in [5.74, 6) is -1.08. The molecule has 1 N–H and O–H groups in total. The Labute approximate surface area is 251 Å². The zero-order chi connectivity index (χ0) is 31.8. The molecule has 2 aromatic carbocycles. The third kappa shape index (κ3) is 11.7.